The number of pyridine rings is 1. The van der Waals surface area contributed by atoms with E-state index in [9.17, 15) is 0 Å². The standard InChI is InChI=1S/C20H27N5/c1-13-15(17-21-9-5-10-22-17)12-14-6-7-20(25-16(14)24-13)8-11-23-18(20)19(2,3)4/h5,9-10,12,18,23H,6-8,11H2,1-4H3,(H,24,25)/t18?,20-/m0/s1/i/hD. The predicted molar refractivity (Wildman–Crippen MR) is 101 cm³/mol. The molecule has 0 aliphatic carbocycles. The summed E-state index contributed by atoms with van der Waals surface area (Å²) in [5, 5.41) is 5.54. The molecule has 5 heteroatoms. The van der Waals surface area contributed by atoms with Gasteiger partial charge < -0.3 is 10.6 Å². The Balaban J connectivity index is 1.71. The van der Waals surface area contributed by atoms with Gasteiger partial charge in [0.15, 0.2) is 5.82 Å². The molecule has 132 valence electrons. The molecule has 1 spiro atoms. The van der Waals surface area contributed by atoms with Crippen LogP contribution in [0.2, 0.25) is 1.41 Å². The van der Waals surface area contributed by atoms with Crippen LogP contribution in [0.1, 0.15) is 44.9 Å². The smallest absolute Gasteiger partial charge is 0.160 e. The monoisotopic (exact) mass is 338 g/mol. The van der Waals surface area contributed by atoms with E-state index in [1.165, 1.54) is 5.56 Å². The van der Waals surface area contributed by atoms with Gasteiger partial charge in [0.1, 0.15) is 7.23 Å². The van der Waals surface area contributed by atoms with Crippen molar-refractivity contribution in [2.45, 2.75) is 58.5 Å². The van der Waals surface area contributed by atoms with Gasteiger partial charge in [-0.1, -0.05) is 20.8 Å². The van der Waals surface area contributed by atoms with Crippen LogP contribution in [0.4, 0.5) is 5.82 Å². The molecule has 4 heterocycles. The molecule has 2 aliphatic heterocycles. The van der Waals surface area contributed by atoms with Crippen molar-refractivity contribution in [2.75, 3.05) is 11.9 Å². The Morgan fingerprint density at radius 3 is 2.72 bits per heavy atom. The highest BCUT2D eigenvalue weighted by molar-refractivity contribution is 5.64. The summed E-state index contributed by atoms with van der Waals surface area (Å²) in [6.07, 6.45) is 6.52. The molecule has 0 saturated carbocycles. The molecular weight excluding hydrogens is 310 g/mol. The summed E-state index contributed by atoms with van der Waals surface area (Å²) in [4.78, 5) is 13.6. The molecule has 25 heavy (non-hydrogen) atoms. The highest BCUT2D eigenvalue weighted by Gasteiger charge is 2.49. The Morgan fingerprint density at radius 1 is 1.24 bits per heavy atom. The Bertz CT molecular complexity index is 817. The van der Waals surface area contributed by atoms with Gasteiger partial charge in [0.25, 0.3) is 0 Å². The van der Waals surface area contributed by atoms with Crippen LogP contribution in [0.25, 0.3) is 11.4 Å². The van der Waals surface area contributed by atoms with Crippen molar-refractivity contribution in [3.05, 3.63) is 35.8 Å². The molecule has 2 N–H and O–H groups in total. The third-order valence-corrected chi connectivity index (χ3v) is 5.52. The van der Waals surface area contributed by atoms with E-state index in [0.717, 1.165) is 48.7 Å². The van der Waals surface area contributed by atoms with Crippen molar-refractivity contribution in [3.63, 3.8) is 0 Å². The van der Waals surface area contributed by atoms with E-state index in [4.69, 9.17) is 6.40 Å². The van der Waals surface area contributed by atoms with E-state index in [2.05, 4.69) is 42.1 Å². The Hall–Kier alpha value is -2.01. The van der Waals surface area contributed by atoms with E-state index in [1.54, 1.807) is 17.7 Å². The van der Waals surface area contributed by atoms with Crippen molar-refractivity contribution in [1.29, 1.82) is 0 Å². The number of hydrogen-bond acceptors (Lipinski definition) is 5. The number of aromatic nitrogens is 3. The first-order valence-corrected chi connectivity index (χ1v) is 9.12. The predicted octanol–water partition coefficient (Wildman–Crippen LogP) is 3.35. The maximum Gasteiger partial charge on any atom is 0.160 e. The average Bonchev–Trinajstić information content (AvgIpc) is 2.91. The van der Waals surface area contributed by atoms with E-state index >= 15 is 0 Å². The molecule has 2 aromatic heterocycles. The fourth-order valence-corrected chi connectivity index (χ4v) is 4.47. The zero-order valence-corrected chi connectivity index (χ0v) is 15.5. The summed E-state index contributed by atoms with van der Waals surface area (Å²) in [5.74, 6) is 1.70. The highest BCUT2D eigenvalue weighted by atomic mass is 15.2. The summed E-state index contributed by atoms with van der Waals surface area (Å²) in [5.41, 5.74) is 3.13. The van der Waals surface area contributed by atoms with Crippen LogP contribution in [0.3, 0.4) is 0 Å². The quantitative estimate of drug-likeness (QED) is 0.835. The van der Waals surface area contributed by atoms with Crippen LogP contribution >= 0.6 is 0 Å². The number of rotatable bonds is 1. The van der Waals surface area contributed by atoms with Crippen LogP contribution in [-0.2, 0) is 6.42 Å². The summed E-state index contributed by atoms with van der Waals surface area (Å²) in [6.45, 7) is 9.52. The van der Waals surface area contributed by atoms with Crippen LogP contribution in [0, 0.1) is 12.3 Å². The molecule has 4 rings (SSSR count). The second-order valence-electron chi connectivity index (χ2n) is 8.41. The minimum atomic E-state index is -0.0722. The van der Waals surface area contributed by atoms with Crippen molar-refractivity contribution in [3.8, 4) is 11.4 Å². The first-order chi connectivity index (χ1) is 12.3. The van der Waals surface area contributed by atoms with E-state index in [-0.39, 0.29) is 17.0 Å². The van der Waals surface area contributed by atoms with Gasteiger partial charge in [0.05, 0.1) is 11.2 Å². The lowest BCUT2D eigenvalue weighted by Crippen LogP contribution is -2.57. The molecule has 5 nitrogen and oxygen atoms in total. The molecule has 2 atom stereocenters. The average molecular weight is 338 g/mol. The van der Waals surface area contributed by atoms with Crippen LogP contribution in [-0.4, -0.2) is 33.1 Å². The van der Waals surface area contributed by atoms with E-state index in [1.807, 2.05) is 13.0 Å². The van der Waals surface area contributed by atoms with Gasteiger partial charge in [-0.05, 0) is 55.8 Å². The first-order valence-electron chi connectivity index (χ1n) is 9.56. The normalized spacial score (nSPS) is 27.0. The molecule has 1 unspecified atom stereocenters. The number of nitrogens with zero attached hydrogens (tertiary/aromatic N) is 3. The second-order valence-corrected chi connectivity index (χ2v) is 8.41. The minimum absolute atomic E-state index is 0.0373. The largest absolute Gasteiger partial charge is 0.363 e. The summed E-state index contributed by atoms with van der Waals surface area (Å²) in [6, 6.07) is 4.18. The SMILES string of the molecule is [2H]N1CC[C@@]2(CCc3cc(-c4ncccn4)c(C)nc3N2)C1C(C)(C)C. The van der Waals surface area contributed by atoms with Gasteiger partial charge in [0.2, 0.25) is 0 Å². The van der Waals surface area contributed by atoms with Crippen LogP contribution in [0.15, 0.2) is 24.5 Å². The van der Waals surface area contributed by atoms with Crippen LogP contribution in [0.5, 0.6) is 0 Å². The second kappa shape index (κ2) is 5.77. The van der Waals surface area contributed by atoms with Gasteiger partial charge >= 0.3 is 0 Å². The van der Waals surface area contributed by atoms with Crippen molar-refractivity contribution in [1.82, 2.24) is 20.3 Å². The lowest BCUT2D eigenvalue weighted by molar-refractivity contribution is 0.211. The minimum Gasteiger partial charge on any atom is -0.363 e. The molecule has 0 radical (unpaired) electrons. The topological polar surface area (TPSA) is 62.7 Å². The van der Waals surface area contributed by atoms with Crippen molar-refractivity contribution < 1.29 is 1.41 Å². The lowest BCUT2D eigenvalue weighted by atomic mass is 9.71. The zero-order valence-electron chi connectivity index (χ0n) is 16.5. The fourth-order valence-electron chi connectivity index (χ4n) is 4.47. The van der Waals surface area contributed by atoms with Gasteiger partial charge in [-0.15, -0.1) is 0 Å². The van der Waals surface area contributed by atoms with E-state index < -0.39 is 0 Å². The lowest BCUT2D eigenvalue weighted by Gasteiger charge is -2.46. The van der Waals surface area contributed by atoms with E-state index in [0.29, 0.717) is 0 Å². The highest BCUT2D eigenvalue weighted by Crippen LogP contribution is 2.43. The van der Waals surface area contributed by atoms with Gasteiger partial charge in [-0.25, -0.2) is 15.0 Å². The third-order valence-electron chi connectivity index (χ3n) is 5.52. The van der Waals surface area contributed by atoms with Gasteiger partial charge in [-0.3, -0.25) is 0 Å². The molecule has 2 aromatic rings. The number of aryl methyl sites for hydroxylation is 2. The zero-order chi connectivity index (χ0) is 18.5. The van der Waals surface area contributed by atoms with Gasteiger partial charge in [-0.2, -0.15) is 0 Å². The summed E-state index contributed by atoms with van der Waals surface area (Å²) in [7, 11) is 0. The maximum absolute atomic E-state index is 8.44. The number of hydrogen-bond donors (Lipinski definition) is 2. The molecule has 1 fully saturated rings. The molecule has 0 aromatic carbocycles. The first kappa shape index (κ1) is 15.3. The Labute approximate surface area is 151 Å². The Morgan fingerprint density at radius 2 is 2.00 bits per heavy atom. The molecule has 0 bridgehead atoms. The summed E-state index contributed by atoms with van der Waals surface area (Å²) >= 11 is 0. The number of fused-ring (bicyclic) bond motifs is 1. The number of nitrogens with one attached hydrogen (secondary N) is 2. The molecule has 0 amide bonds. The maximum atomic E-state index is 8.44. The molecule has 1 saturated heterocycles. The summed E-state index contributed by atoms with van der Waals surface area (Å²) < 4.78 is 8.44. The van der Waals surface area contributed by atoms with Crippen molar-refractivity contribution >= 4 is 5.82 Å². The third kappa shape index (κ3) is 2.80. The fraction of sp³-hybridized carbons (Fsp3) is 0.550. The Kier molecular flexibility index (Phi) is 3.52. The van der Waals surface area contributed by atoms with Crippen molar-refractivity contribution in [2.24, 2.45) is 5.41 Å². The molecular formula is C20H27N5. The molecule has 2 aliphatic rings. The number of anilines is 1. The van der Waals surface area contributed by atoms with Crippen LogP contribution < -0.4 is 10.6 Å². The van der Waals surface area contributed by atoms with Gasteiger partial charge in [0, 0.05) is 24.0 Å².